The fourth-order valence-corrected chi connectivity index (χ4v) is 3.16. The maximum atomic E-state index is 12.0. The van der Waals surface area contributed by atoms with Crippen molar-refractivity contribution >= 4 is 23.3 Å². The van der Waals surface area contributed by atoms with Gasteiger partial charge in [-0.2, -0.15) is 0 Å². The van der Waals surface area contributed by atoms with Gasteiger partial charge in [0.15, 0.2) is 0 Å². The zero-order chi connectivity index (χ0) is 16.9. The highest BCUT2D eigenvalue weighted by Crippen LogP contribution is 2.16. The fraction of sp³-hybridized carbons (Fsp3) is 0.333. The molecule has 0 saturated carbocycles. The number of ether oxygens (including phenoxy) is 1. The lowest BCUT2D eigenvalue weighted by atomic mass is 10.2. The maximum Gasteiger partial charge on any atom is 0.246 e. The van der Waals surface area contributed by atoms with Crippen molar-refractivity contribution in [1.29, 1.82) is 0 Å². The van der Waals surface area contributed by atoms with Gasteiger partial charge in [0, 0.05) is 30.6 Å². The summed E-state index contributed by atoms with van der Waals surface area (Å²) < 4.78 is 5.71. The first-order valence-corrected chi connectivity index (χ1v) is 8.84. The van der Waals surface area contributed by atoms with Gasteiger partial charge in [-0.05, 0) is 37.1 Å². The number of carbonyl (C=O) groups excluding carboxylic acids is 1. The molecule has 0 spiro atoms. The SMILES string of the molecule is Cc1nc(COc2ccc(/C=C/C(=O)N3CC[C@@H](N)C3)cc2)cs1. The van der Waals surface area contributed by atoms with Crippen LogP contribution in [-0.4, -0.2) is 34.9 Å². The summed E-state index contributed by atoms with van der Waals surface area (Å²) >= 11 is 1.62. The Hall–Kier alpha value is -2.18. The monoisotopic (exact) mass is 343 g/mol. The number of rotatable bonds is 5. The first-order chi connectivity index (χ1) is 11.6. The molecule has 5 nitrogen and oxygen atoms in total. The molecule has 0 unspecified atom stereocenters. The van der Waals surface area contributed by atoms with Crippen LogP contribution in [0.1, 0.15) is 22.7 Å². The normalized spacial score (nSPS) is 17.6. The Morgan fingerprint density at radius 1 is 1.46 bits per heavy atom. The van der Waals surface area contributed by atoms with Gasteiger partial charge in [-0.1, -0.05) is 12.1 Å². The van der Waals surface area contributed by atoms with E-state index in [1.807, 2.05) is 42.6 Å². The molecule has 6 heteroatoms. The van der Waals surface area contributed by atoms with Crippen LogP contribution in [0.2, 0.25) is 0 Å². The molecule has 0 radical (unpaired) electrons. The van der Waals surface area contributed by atoms with E-state index >= 15 is 0 Å². The average Bonchev–Trinajstić information content (AvgIpc) is 3.20. The van der Waals surface area contributed by atoms with Crippen LogP contribution in [-0.2, 0) is 11.4 Å². The third kappa shape index (κ3) is 4.43. The van der Waals surface area contributed by atoms with Gasteiger partial charge in [-0.3, -0.25) is 4.79 Å². The third-order valence-electron chi connectivity index (χ3n) is 3.89. The standard InChI is InChI=1S/C18H21N3O2S/c1-13-20-16(12-24-13)11-23-17-5-2-14(3-6-17)4-7-18(22)21-9-8-15(19)10-21/h2-7,12,15H,8-11,19H2,1H3/b7-4+/t15-/m1/s1. The predicted molar refractivity (Wildman–Crippen MR) is 95.8 cm³/mol. The summed E-state index contributed by atoms with van der Waals surface area (Å²) in [6.45, 7) is 3.83. The summed E-state index contributed by atoms with van der Waals surface area (Å²) in [4.78, 5) is 18.2. The zero-order valence-corrected chi connectivity index (χ0v) is 14.5. The highest BCUT2D eigenvalue weighted by atomic mass is 32.1. The third-order valence-corrected chi connectivity index (χ3v) is 4.71. The molecule has 2 N–H and O–H groups in total. The second-order valence-corrected chi connectivity index (χ2v) is 6.94. The van der Waals surface area contributed by atoms with Crippen molar-refractivity contribution in [1.82, 2.24) is 9.88 Å². The number of likely N-dealkylation sites (tertiary alicyclic amines) is 1. The summed E-state index contributed by atoms with van der Waals surface area (Å²) in [5, 5.41) is 3.04. The summed E-state index contributed by atoms with van der Waals surface area (Å²) in [5.41, 5.74) is 7.73. The molecule has 2 aromatic rings. The van der Waals surface area contributed by atoms with Crippen LogP contribution in [0.3, 0.4) is 0 Å². The number of hydrogen-bond acceptors (Lipinski definition) is 5. The van der Waals surface area contributed by atoms with Crippen LogP contribution in [0.4, 0.5) is 0 Å². The first kappa shape index (κ1) is 16.7. The van der Waals surface area contributed by atoms with Crippen molar-refractivity contribution in [2.24, 2.45) is 5.73 Å². The summed E-state index contributed by atoms with van der Waals surface area (Å²) in [6.07, 6.45) is 4.30. The van der Waals surface area contributed by atoms with E-state index in [1.54, 1.807) is 22.3 Å². The Morgan fingerprint density at radius 3 is 2.88 bits per heavy atom. The lowest BCUT2D eigenvalue weighted by Crippen LogP contribution is -2.30. The minimum Gasteiger partial charge on any atom is -0.487 e. The number of aryl methyl sites for hydroxylation is 1. The number of nitrogens with zero attached hydrogens (tertiary/aromatic N) is 2. The van der Waals surface area contributed by atoms with Gasteiger partial charge in [-0.25, -0.2) is 4.98 Å². The maximum absolute atomic E-state index is 12.0. The molecule has 1 atom stereocenters. The molecule has 1 aliphatic heterocycles. The summed E-state index contributed by atoms with van der Waals surface area (Å²) in [6, 6.07) is 7.77. The van der Waals surface area contributed by atoms with Crippen molar-refractivity contribution < 1.29 is 9.53 Å². The van der Waals surface area contributed by atoms with Crippen molar-refractivity contribution in [3.05, 3.63) is 52.0 Å². The minimum atomic E-state index is 0.0159. The van der Waals surface area contributed by atoms with Crippen LogP contribution in [0.5, 0.6) is 5.75 Å². The van der Waals surface area contributed by atoms with Gasteiger partial charge in [0.1, 0.15) is 12.4 Å². The highest BCUT2D eigenvalue weighted by molar-refractivity contribution is 7.09. The molecule has 2 heterocycles. The Balaban J connectivity index is 1.52. The number of amides is 1. The van der Waals surface area contributed by atoms with Crippen LogP contribution >= 0.6 is 11.3 Å². The Bertz CT molecular complexity index is 724. The largest absolute Gasteiger partial charge is 0.487 e. The molecular weight excluding hydrogens is 322 g/mol. The molecular formula is C18H21N3O2S. The van der Waals surface area contributed by atoms with E-state index in [2.05, 4.69) is 4.98 Å². The average molecular weight is 343 g/mol. The molecule has 1 aromatic carbocycles. The minimum absolute atomic E-state index is 0.0159. The van der Waals surface area contributed by atoms with Gasteiger partial charge < -0.3 is 15.4 Å². The number of hydrogen-bond donors (Lipinski definition) is 1. The van der Waals surface area contributed by atoms with E-state index in [9.17, 15) is 4.79 Å². The molecule has 1 aromatic heterocycles. The van der Waals surface area contributed by atoms with Crippen molar-refractivity contribution in [2.75, 3.05) is 13.1 Å². The number of benzene rings is 1. The van der Waals surface area contributed by atoms with Crippen LogP contribution in [0.25, 0.3) is 6.08 Å². The van der Waals surface area contributed by atoms with Gasteiger partial charge in [-0.15, -0.1) is 11.3 Å². The van der Waals surface area contributed by atoms with Crippen molar-refractivity contribution in [2.45, 2.75) is 26.0 Å². The first-order valence-electron chi connectivity index (χ1n) is 7.96. The van der Waals surface area contributed by atoms with E-state index in [0.29, 0.717) is 13.2 Å². The van der Waals surface area contributed by atoms with Gasteiger partial charge in [0.05, 0.1) is 10.7 Å². The molecule has 24 heavy (non-hydrogen) atoms. The molecule has 0 bridgehead atoms. The second-order valence-electron chi connectivity index (χ2n) is 5.88. The lowest BCUT2D eigenvalue weighted by molar-refractivity contribution is -0.124. The van der Waals surface area contributed by atoms with E-state index in [4.69, 9.17) is 10.5 Å². The van der Waals surface area contributed by atoms with Crippen LogP contribution < -0.4 is 10.5 Å². The molecule has 126 valence electrons. The van der Waals surface area contributed by atoms with Gasteiger partial charge >= 0.3 is 0 Å². The van der Waals surface area contributed by atoms with E-state index in [1.165, 1.54) is 0 Å². The van der Waals surface area contributed by atoms with E-state index in [0.717, 1.165) is 35.0 Å². The topological polar surface area (TPSA) is 68.5 Å². The van der Waals surface area contributed by atoms with E-state index in [-0.39, 0.29) is 11.9 Å². The molecule has 3 rings (SSSR count). The van der Waals surface area contributed by atoms with Gasteiger partial charge in [0.2, 0.25) is 5.91 Å². The predicted octanol–water partition coefficient (Wildman–Crippen LogP) is 2.60. The smallest absolute Gasteiger partial charge is 0.246 e. The molecule has 1 aliphatic rings. The Morgan fingerprint density at radius 2 is 2.25 bits per heavy atom. The summed E-state index contributed by atoms with van der Waals surface area (Å²) in [5.74, 6) is 0.803. The van der Waals surface area contributed by atoms with Crippen molar-refractivity contribution in [3.63, 3.8) is 0 Å². The fourth-order valence-electron chi connectivity index (χ4n) is 2.57. The molecule has 1 amide bonds. The number of carbonyl (C=O) groups is 1. The number of nitrogens with two attached hydrogens (primary N) is 1. The summed E-state index contributed by atoms with van der Waals surface area (Å²) in [7, 11) is 0. The number of thiazole rings is 1. The van der Waals surface area contributed by atoms with Crippen LogP contribution in [0.15, 0.2) is 35.7 Å². The van der Waals surface area contributed by atoms with Gasteiger partial charge in [0.25, 0.3) is 0 Å². The van der Waals surface area contributed by atoms with Crippen molar-refractivity contribution in [3.8, 4) is 5.75 Å². The second kappa shape index (κ2) is 7.59. The molecule has 0 aliphatic carbocycles. The highest BCUT2D eigenvalue weighted by Gasteiger charge is 2.21. The zero-order valence-electron chi connectivity index (χ0n) is 13.6. The molecule has 1 fully saturated rings. The quantitative estimate of drug-likeness (QED) is 0.847. The molecule has 1 saturated heterocycles. The Labute approximate surface area is 145 Å². The Kier molecular flexibility index (Phi) is 5.27. The lowest BCUT2D eigenvalue weighted by Gasteiger charge is -2.12. The van der Waals surface area contributed by atoms with Crippen LogP contribution in [0, 0.1) is 6.92 Å². The number of aromatic nitrogens is 1. The van der Waals surface area contributed by atoms with E-state index < -0.39 is 0 Å².